The summed E-state index contributed by atoms with van der Waals surface area (Å²) in [7, 11) is 0. The van der Waals surface area contributed by atoms with E-state index in [1.54, 1.807) is 0 Å². The highest BCUT2D eigenvalue weighted by Gasteiger charge is 2.16. The second kappa shape index (κ2) is 7.14. The first-order valence-corrected chi connectivity index (χ1v) is 7.76. The minimum atomic E-state index is -0.556. The summed E-state index contributed by atoms with van der Waals surface area (Å²) in [5.74, 6) is -1.11. The summed E-state index contributed by atoms with van der Waals surface area (Å²) >= 11 is 3.51. The Balaban J connectivity index is 2.43. The van der Waals surface area contributed by atoms with Gasteiger partial charge < -0.3 is 5.32 Å². The van der Waals surface area contributed by atoms with E-state index in [1.807, 2.05) is 25.1 Å². The highest BCUT2D eigenvalue weighted by atomic mass is 79.9. The molecule has 0 radical (unpaired) electrons. The molecule has 0 aromatic heterocycles. The number of rotatable bonds is 5. The maximum atomic E-state index is 13.5. The minimum absolute atomic E-state index is 0.230. The summed E-state index contributed by atoms with van der Waals surface area (Å²) in [5.41, 5.74) is 2.70. The van der Waals surface area contributed by atoms with Crippen molar-refractivity contribution in [1.29, 1.82) is 0 Å². The van der Waals surface area contributed by atoms with Crippen LogP contribution in [0.2, 0.25) is 0 Å². The third-order valence-corrected chi connectivity index (χ3v) is 4.20. The number of hydrogen-bond donors (Lipinski definition) is 1. The van der Waals surface area contributed by atoms with Crippen molar-refractivity contribution in [1.82, 2.24) is 5.32 Å². The van der Waals surface area contributed by atoms with E-state index in [4.69, 9.17) is 0 Å². The second-order valence-electron chi connectivity index (χ2n) is 5.10. The van der Waals surface area contributed by atoms with Crippen molar-refractivity contribution in [2.45, 2.75) is 26.3 Å². The normalized spacial score (nSPS) is 12.4. The van der Waals surface area contributed by atoms with Gasteiger partial charge in [-0.15, -0.1) is 0 Å². The molecule has 0 spiro atoms. The average molecular weight is 354 g/mol. The van der Waals surface area contributed by atoms with Gasteiger partial charge in [0.2, 0.25) is 0 Å². The molecular formula is C17H18BrF2N. The number of benzene rings is 2. The minimum Gasteiger partial charge on any atom is -0.306 e. The smallest absolute Gasteiger partial charge is 0.126 e. The molecule has 4 heteroatoms. The second-order valence-corrected chi connectivity index (χ2v) is 5.95. The summed E-state index contributed by atoms with van der Waals surface area (Å²) in [6.45, 7) is 4.83. The van der Waals surface area contributed by atoms with Gasteiger partial charge in [0.05, 0.1) is 6.04 Å². The molecule has 1 nitrogen and oxygen atoms in total. The fraction of sp³-hybridized carbons (Fsp3) is 0.294. The molecular weight excluding hydrogens is 336 g/mol. The zero-order valence-corrected chi connectivity index (χ0v) is 13.7. The van der Waals surface area contributed by atoms with Gasteiger partial charge in [0.15, 0.2) is 0 Å². The topological polar surface area (TPSA) is 12.0 Å². The Labute approximate surface area is 132 Å². The van der Waals surface area contributed by atoms with E-state index < -0.39 is 11.6 Å². The molecule has 112 valence electrons. The Morgan fingerprint density at radius 1 is 1.05 bits per heavy atom. The van der Waals surface area contributed by atoms with Crippen LogP contribution in [0.1, 0.15) is 36.1 Å². The molecule has 1 N–H and O–H groups in total. The Morgan fingerprint density at radius 3 is 2.29 bits per heavy atom. The maximum absolute atomic E-state index is 13.5. The van der Waals surface area contributed by atoms with Gasteiger partial charge in [-0.2, -0.15) is 0 Å². The van der Waals surface area contributed by atoms with Crippen LogP contribution in [0, 0.1) is 18.6 Å². The van der Waals surface area contributed by atoms with Crippen molar-refractivity contribution in [2.75, 3.05) is 6.54 Å². The molecule has 0 bridgehead atoms. The lowest BCUT2D eigenvalue weighted by Crippen LogP contribution is -2.23. The fourth-order valence-electron chi connectivity index (χ4n) is 2.25. The lowest BCUT2D eigenvalue weighted by Gasteiger charge is -2.20. The average Bonchev–Trinajstić information content (AvgIpc) is 2.42. The Bertz CT molecular complexity index is 608. The number of nitrogens with one attached hydrogen (secondary N) is 1. The third kappa shape index (κ3) is 4.11. The van der Waals surface area contributed by atoms with E-state index in [0.717, 1.165) is 34.6 Å². The van der Waals surface area contributed by atoms with Crippen LogP contribution in [0.4, 0.5) is 8.78 Å². The fourth-order valence-corrected chi connectivity index (χ4v) is 2.64. The van der Waals surface area contributed by atoms with Gasteiger partial charge in [-0.05, 0) is 54.8 Å². The summed E-state index contributed by atoms with van der Waals surface area (Å²) in [6, 6.07) is 9.39. The number of aryl methyl sites for hydroxylation is 1. The lowest BCUT2D eigenvalue weighted by molar-refractivity contribution is 0.558. The molecule has 0 fully saturated rings. The molecule has 2 aromatic carbocycles. The van der Waals surface area contributed by atoms with Crippen molar-refractivity contribution in [3.8, 4) is 0 Å². The first kappa shape index (κ1) is 16.1. The van der Waals surface area contributed by atoms with Crippen LogP contribution < -0.4 is 5.32 Å². The van der Waals surface area contributed by atoms with E-state index >= 15 is 0 Å². The van der Waals surface area contributed by atoms with Gasteiger partial charge in [0.1, 0.15) is 11.6 Å². The highest BCUT2D eigenvalue weighted by molar-refractivity contribution is 9.10. The third-order valence-electron chi connectivity index (χ3n) is 3.35. The SMILES string of the molecule is CCCNC(c1cc(F)cc(F)c1)c1ccc(C)c(Br)c1. The molecule has 2 rings (SSSR count). The number of hydrogen-bond acceptors (Lipinski definition) is 1. The molecule has 2 aromatic rings. The molecule has 1 unspecified atom stereocenters. The van der Waals surface area contributed by atoms with Crippen molar-refractivity contribution in [3.63, 3.8) is 0 Å². The lowest BCUT2D eigenvalue weighted by atomic mass is 9.97. The standard InChI is InChI=1S/C17H18BrF2N/c1-3-6-21-17(12-5-4-11(2)16(18)9-12)13-7-14(19)10-15(20)8-13/h4-5,7-10,17,21H,3,6H2,1-2H3. The van der Waals surface area contributed by atoms with Gasteiger partial charge in [0.25, 0.3) is 0 Å². The van der Waals surface area contributed by atoms with Crippen LogP contribution in [0.25, 0.3) is 0 Å². The molecule has 0 saturated carbocycles. The summed E-state index contributed by atoms with van der Waals surface area (Å²) in [4.78, 5) is 0. The molecule has 0 aliphatic rings. The Hall–Kier alpha value is -1.26. The van der Waals surface area contributed by atoms with E-state index in [9.17, 15) is 8.78 Å². The van der Waals surface area contributed by atoms with Crippen LogP contribution in [-0.2, 0) is 0 Å². The van der Waals surface area contributed by atoms with Crippen LogP contribution in [0.5, 0.6) is 0 Å². The monoisotopic (exact) mass is 353 g/mol. The van der Waals surface area contributed by atoms with Crippen LogP contribution in [0.15, 0.2) is 40.9 Å². The first-order chi connectivity index (χ1) is 10.0. The largest absolute Gasteiger partial charge is 0.306 e. The van der Waals surface area contributed by atoms with Crippen LogP contribution in [0.3, 0.4) is 0 Å². The van der Waals surface area contributed by atoms with Gasteiger partial charge in [0, 0.05) is 10.5 Å². The summed E-state index contributed by atoms with van der Waals surface area (Å²) < 4.78 is 28.0. The van der Waals surface area contributed by atoms with Crippen molar-refractivity contribution in [2.24, 2.45) is 0 Å². The first-order valence-electron chi connectivity index (χ1n) is 6.96. The van der Waals surface area contributed by atoms with Crippen molar-refractivity contribution < 1.29 is 8.78 Å². The Kier molecular flexibility index (Phi) is 5.48. The van der Waals surface area contributed by atoms with Crippen LogP contribution >= 0.6 is 15.9 Å². The van der Waals surface area contributed by atoms with Crippen LogP contribution in [-0.4, -0.2) is 6.54 Å². The Morgan fingerprint density at radius 2 is 1.71 bits per heavy atom. The number of halogens is 3. The van der Waals surface area contributed by atoms with E-state index in [0.29, 0.717) is 5.56 Å². The molecule has 0 saturated heterocycles. The molecule has 21 heavy (non-hydrogen) atoms. The van der Waals surface area contributed by atoms with Gasteiger partial charge in [-0.25, -0.2) is 8.78 Å². The quantitative estimate of drug-likeness (QED) is 0.785. The maximum Gasteiger partial charge on any atom is 0.126 e. The van der Waals surface area contributed by atoms with Crippen molar-refractivity contribution >= 4 is 15.9 Å². The molecule has 0 aliphatic carbocycles. The van der Waals surface area contributed by atoms with Gasteiger partial charge in [-0.1, -0.05) is 35.0 Å². The zero-order valence-electron chi connectivity index (χ0n) is 12.1. The van der Waals surface area contributed by atoms with Crippen molar-refractivity contribution in [3.05, 3.63) is 69.2 Å². The molecule has 1 atom stereocenters. The van der Waals surface area contributed by atoms with E-state index in [-0.39, 0.29) is 6.04 Å². The highest BCUT2D eigenvalue weighted by Crippen LogP contribution is 2.27. The van der Waals surface area contributed by atoms with E-state index in [2.05, 4.69) is 28.2 Å². The molecule has 0 heterocycles. The zero-order chi connectivity index (χ0) is 15.4. The van der Waals surface area contributed by atoms with Gasteiger partial charge in [-0.3, -0.25) is 0 Å². The predicted molar refractivity (Wildman–Crippen MR) is 85.4 cm³/mol. The molecule has 0 amide bonds. The summed E-state index contributed by atoms with van der Waals surface area (Å²) in [5, 5.41) is 3.35. The van der Waals surface area contributed by atoms with E-state index in [1.165, 1.54) is 12.1 Å². The molecule has 0 aliphatic heterocycles. The predicted octanol–water partition coefficient (Wildman–Crippen LogP) is 5.12. The summed E-state index contributed by atoms with van der Waals surface area (Å²) in [6.07, 6.45) is 0.946. The van der Waals surface area contributed by atoms with Gasteiger partial charge >= 0.3 is 0 Å².